The van der Waals surface area contributed by atoms with E-state index in [-0.39, 0.29) is 24.9 Å². The van der Waals surface area contributed by atoms with E-state index < -0.39 is 0 Å². The van der Waals surface area contributed by atoms with Gasteiger partial charge in [0.05, 0.1) is 12.8 Å². The van der Waals surface area contributed by atoms with Crippen LogP contribution in [-0.4, -0.2) is 26.0 Å². The highest BCUT2D eigenvalue weighted by atomic mass is 19.1. The number of aryl methyl sites for hydroxylation is 1. The van der Waals surface area contributed by atoms with Crippen LogP contribution in [0.2, 0.25) is 0 Å². The fourth-order valence-electron chi connectivity index (χ4n) is 1.51. The third-order valence-electron chi connectivity index (χ3n) is 2.51. The third-order valence-corrected chi connectivity index (χ3v) is 2.51. The predicted octanol–water partition coefficient (Wildman–Crippen LogP) is 0.857. The van der Waals surface area contributed by atoms with E-state index in [1.54, 1.807) is 19.1 Å². The van der Waals surface area contributed by atoms with Crippen molar-refractivity contribution in [2.24, 2.45) is 0 Å². The summed E-state index contributed by atoms with van der Waals surface area (Å²) in [5.41, 5.74) is 1.28. The summed E-state index contributed by atoms with van der Waals surface area (Å²) in [6.45, 7) is 1.36. The summed E-state index contributed by atoms with van der Waals surface area (Å²) in [6, 6.07) is 4.47. The van der Waals surface area contributed by atoms with Crippen LogP contribution in [0.3, 0.4) is 0 Å². The van der Waals surface area contributed by atoms with Crippen LogP contribution in [0.5, 0.6) is 0 Å². The number of rotatable bonds is 4. The minimum atomic E-state index is -0.374. The molecule has 0 aliphatic carbocycles. The standard InChI is InChI=1S/C12H13FN4O2/c1-8-2-3-9(4-11(8)13)14-12(19)6-17-5-10(7-18)15-16-17/h2-5,18H,6-7H2,1H3,(H,14,19). The molecule has 1 aromatic carbocycles. The molecular formula is C12H13FN4O2. The van der Waals surface area contributed by atoms with Crippen LogP contribution in [0.1, 0.15) is 11.3 Å². The second-order valence-corrected chi connectivity index (χ2v) is 4.08. The van der Waals surface area contributed by atoms with Crippen molar-refractivity contribution in [1.29, 1.82) is 0 Å². The number of nitrogens with one attached hydrogen (secondary N) is 1. The monoisotopic (exact) mass is 264 g/mol. The first-order valence-electron chi connectivity index (χ1n) is 5.64. The first-order chi connectivity index (χ1) is 9.08. The number of anilines is 1. The van der Waals surface area contributed by atoms with Crippen molar-refractivity contribution in [2.75, 3.05) is 5.32 Å². The van der Waals surface area contributed by atoms with E-state index in [2.05, 4.69) is 15.6 Å². The maximum atomic E-state index is 13.3. The van der Waals surface area contributed by atoms with Gasteiger partial charge in [-0.2, -0.15) is 0 Å². The first kappa shape index (κ1) is 13.2. The zero-order chi connectivity index (χ0) is 13.8. The lowest BCUT2D eigenvalue weighted by Crippen LogP contribution is -2.19. The Kier molecular flexibility index (Phi) is 3.86. The number of carbonyl (C=O) groups excluding carboxylic acids is 1. The Balaban J connectivity index is 1.98. The van der Waals surface area contributed by atoms with Crippen LogP contribution in [0, 0.1) is 12.7 Å². The Morgan fingerprint density at radius 3 is 2.95 bits per heavy atom. The van der Waals surface area contributed by atoms with E-state index in [0.717, 1.165) is 0 Å². The minimum Gasteiger partial charge on any atom is -0.390 e. The summed E-state index contributed by atoms with van der Waals surface area (Å²) in [7, 11) is 0. The molecule has 0 saturated heterocycles. The molecule has 0 radical (unpaired) electrons. The highest BCUT2D eigenvalue weighted by Crippen LogP contribution is 2.13. The smallest absolute Gasteiger partial charge is 0.246 e. The quantitative estimate of drug-likeness (QED) is 0.858. The normalized spacial score (nSPS) is 10.5. The molecule has 7 heteroatoms. The lowest BCUT2D eigenvalue weighted by atomic mass is 10.2. The molecule has 0 unspecified atom stereocenters. The summed E-state index contributed by atoms with van der Waals surface area (Å²) in [5.74, 6) is -0.723. The van der Waals surface area contributed by atoms with Crippen LogP contribution < -0.4 is 5.32 Å². The van der Waals surface area contributed by atoms with Gasteiger partial charge in [0, 0.05) is 5.69 Å². The maximum Gasteiger partial charge on any atom is 0.246 e. The van der Waals surface area contributed by atoms with Crippen molar-refractivity contribution < 1.29 is 14.3 Å². The molecule has 0 fully saturated rings. The van der Waals surface area contributed by atoms with E-state index in [4.69, 9.17) is 5.11 Å². The number of benzene rings is 1. The number of aromatic nitrogens is 3. The van der Waals surface area contributed by atoms with E-state index in [9.17, 15) is 9.18 Å². The molecule has 100 valence electrons. The number of amides is 1. The summed E-state index contributed by atoms with van der Waals surface area (Å²) in [4.78, 5) is 11.7. The van der Waals surface area contributed by atoms with Crippen molar-refractivity contribution >= 4 is 11.6 Å². The SMILES string of the molecule is Cc1ccc(NC(=O)Cn2cc(CO)nn2)cc1F. The van der Waals surface area contributed by atoms with Gasteiger partial charge in [0.2, 0.25) is 5.91 Å². The molecule has 0 atom stereocenters. The van der Waals surface area contributed by atoms with Crippen LogP contribution in [0.4, 0.5) is 10.1 Å². The number of aliphatic hydroxyl groups is 1. The molecule has 0 aliphatic heterocycles. The largest absolute Gasteiger partial charge is 0.390 e. The summed E-state index contributed by atoms with van der Waals surface area (Å²) in [6.07, 6.45) is 1.47. The van der Waals surface area contributed by atoms with Crippen LogP contribution >= 0.6 is 0 Å². The van der Waals surface area contributed by atoms with Gasteiger partial charge in [-0.25, -0.2) is 9.07 Å². The minimum absolute atomic E-state index is 0.0531. The molecule has 0 spiro atoms. The Morgan fingerprint density at radius 2 is 2.32 bits per heavy atom. The molecule has 0 aliphatic rings. The van der Waals surface area contributed by atoms with Crippen LogP contribution in [0.25, 0.3) is 0 Å². The van der Waals surface area contributed by atoms with Gasteiger partial charge in [-0.15, -0.1) is 5.10 Å². The predicted molar refractivity (Wildman–Crippen MR) is 65.7 cm³/mol. The summed E-state index contributed by atoms with van der Waals surface area (Å²) < 4.78 is 14.6. The van der Waals surface area contributed by atoms with Gasteiger partial charge in [-0.3, -0.25) is 4.79 Å². The molecule has 2 aromatic rings. The van der Waals surface area contributed by atoms with Crippen molar-refractivity contribution in [3.05, 3.63) is 41.5 Å². The van der Waals surface area contributed by atoms with Crippen molar-refractivity contribution in [3.8, 4) is 0 Å². The summed E-state index contributed by atoms with van der Waals surface area (Å²) in [5, 5.41) is 18.7. The fourth-order valence-corrected chi connectivity index (χ4v) is 1.51. The van der Waals surface area contributed by atoms with Gasteiger partial charge < -0.3 is 10.4 Å². The molecule has 0 saturated carbocycles. The van der Waals surface area contributed by atoms with Gasteiger partial charge in [-0.1, -0.05) is 11.3 Å². The third kappa shape index (κ3) is 3.35. The zero-order valence-corrected chi connectivity index (χ0v) is 10.3. The Hall–Kier alpha value is -2.28. The second-order valence-electron chi connectivity index (χ2n) is 4.08. The number of hydrogen-bond donors (Lipinski definition) is 2. The van der Waals surface area contributed by atoms with E-state index in [1.165, 1.54) is 16.9 Å². The number of halogens is 1. The Labute approximate surface area is 108 Å². The summed E-state index contributed by atoms with van der Waals surface area (Å²) >= 11 is 0. The number of nitrogens with zero attached hydrogens (tertiary/aromatic N) is 3. The average Bonchev–Trinajstić information content (AvgIpc) is 2.81. The first-order valence-corrected chi connectivity index (χ1v) is 5.64. The zero-order valence-electron chi connectivity index (χ0n) is 10.3. The Bertz CT molecular complexity index is 597. The lowest BCUT2D eigenvalue weighted by Gasteiger charge is -2.06. The van der Waals surface area contributed by atoms with Crippen molar-refractivity contribution in [2.45, 2.75) is 20.1 Å². The molecule has 2 rings (SSSR count). The fraction of sp³-hybridized carbons (Fsp3) is 0.250. The molecular weight excluding hydrogens is 251 g/mol. The molecule has 1 aromatic heterocycles. The van der Waals surface area contributed by atoms with Crippen molar-refractivity contribution in [1.82, 2.24) is 15.0 Å². The van der Waals surface area contributed by atoms with Crippen LogP contribution in [0.15, 0.2) is 24.4 Å². The highest BCUT2D eigenvalue weighted by Gasteiger charge is 2.07. The molecule has 1 heterocycles. The maximum absolute atomic E-state index is 13.3. The van der Waals surface area contributed by atoms with Gasteiger partial charge in [0.1, 0.15) is 18.1 Å². The average molecular weight is 264 g/mol. The molecule has 0 bridgehead atoms. The number of aliphatic hydroxyl groups excluding tert-OH is 1. The molecule has 6 nitrogen and oxygen atoms in total. The molecule has 1 amide bonds. The lowest BCUT2D eigenvalue weighted by molar-refractivity contribution is -0.116. The topological polar surface area (TPSA) is 80.0 Å². The van der Waals surface area contributed by atoms with E-state index in [0.29, 0.717) is 16.9 Å². The Morgan fingerprint density at radius 1 is 1.53 bits per heavy atom. The van der Waals surface area contributed by atoms with Gasteiger partial charge >= 0.3 is 0 Å². The second kappa shape index (κ2) is 5.57. The number of carbonyl (C=O) groups is 1. The van der Waals surface area contributed by atoms with Gasteiger partial charge in [-0.05, 0) is 24.6 Å². The van der Waals surface area contributed by atoms with Gasteiger partial charge in [0.15, 0.2) is 0 Å². The molecule has 2 N–H and O–H groups in total. The van der Waals surface area contributed by atoms with E-state index in [1.807, 2.05) is 0 Å². The van der Waals surface area contributed by atoms with Crippen LogP contribution in [-0.2, 0) is 17.9 Å². The van der Waals surface area contributed by atoms with Crippen molar-refractivity contribution in [3.63, 3.8) is 0 Å². The number of hydrogen-bond acceptors (Lipinski definition) is 4. The highest BCUT2D eigenvalue weighted by molar-refractivity contribution is 5.90. The van der Waals surface area contributed by atoms with E-state index >= 15 is 0 Å². The van der Waals surface area contributed by atoms with Gasteiger partial charge in [0.25, 0.3) is 0 Å². The molecule has 19 heavy (non-hydrogen) atoms.